The summed E-state index contributed by atoms with van der Waals surface area (Å²) in [6.45, 7) is 5.47. The maximum absolute atomic E-state index is 12.0. The molecule has 2 aromatic rings. The third kappa shape index (κ3) is 5.05. The van der Waals surface area contributed by atoms with Gasteiger partial charge in [0.15, 0.2) is 0 Å². The highest BCUT2D eigenvalue weighted by Gasteiger charge is 2.18. The van der Waals surface area contributed by atoms with E-state index in [1.54, 1.807) is 12.1 Å². The van der Waals surface area contributed by atoms with Crippen LogP contribution in [0.2, 0.25) is 0 Å². The number of carbonyl (C=O) groups is 1. The van der Waals surface area contributed by atoms with Crippen LogP contribution in [-0.2, 0) is 16.1 Å². The Morgan fingerprint density at radius 3 is 2.64 bits per heavy atom. The lowest BCUT2D eigenvalue weighted by Gasteiger charge is -2.32. The van der Waals surface area contributed by atoms with E-state index in [9.17, 15) is 4.79 Å². The molecule has 25 heavy (non-hydrogen) atoms. The van der Waals surface area contributed by atoms with E-state index < -0.39 is 0 Å². The Hall–Kier alpha value is -2.37. The van der Waals surface area contributed by atoms with Gasteiger partial charge < -0.3 is 14.2 Å². The molecule has 1 saturated heterocycles. The van der Waals surface area contributed by atoms with Gasteiger partial charge in [0.2, 0.25) is 0 Å². The fraction of sp³-hybridized carbons (Fsp3) is 0.350. The van der Waals surface area contributed by atoms with Crippen molar-refractivity contribution in [3.8, 4) is 5.75 Å². The summed E-state index contributed by atoms with van der Waals surface area (Å²) in [4.78, 5) is 14.3. The van der Waals surface area contributed by atoms with Crippen LogP contribution in [0.25, 0.3) is 0 Å². The molecule has 0 N–H and O–H groups in total. The highest BCUT2D eigenvalue weighted by atomic mass is 16.5. The second-order valence-corrected chi connectivity index (χ2v) is 5.96. The highest BCUT2D eigenvalue weighted by molar-refractivity contribution is 5.89. The predicted molar refractivity (Wildman–Crippen MR) is 94.5 cm³/mol. The first-order valence-electron chi connectivity index (χ1n) is 8.52. The van der Waals surface area contributed by atoms with Gasteiger partial charge >= 0.3 is 5.97 Å². The Kier molecular flexibility index (Phi) is 6.04. The van der Waals surface area contributed by atoms with Crippen LogP contribution in [0.15, 0.2) is 54.6 Å². The fourth-order valence-electron chi connectivity index (χ4n) is 2.73. The van der Waals surface area contributed by atoms with Gasteiger partial charge in [-0.15, -0.1) is 0 Å². The van der Waals surface area contributed by atoms with Crippen LogP contribution >= 0.6 is 0 Å². The molecule has 0 spiro atoms. The van der Waals surface area contributed by atoms with E-state index in [4.69, 9.17) is 14.2 Å². The van der Waals surface area contributed by atoms with E-state index in [1.807, 2.05) is 49.4 Å². The number of hydrogen-bond acceptors (Lipinski definition) is 5. The van der Waals surface area contributed by atoms with Crippen molar-refractivity contribution in [3.63, 3.8) is 0 Å². The Labute approximate surface area is 148 Å². The van der Waals surface area contributed by atoms with Crippen molar-refractivity contribution in [2.75, 3.05) is 26.3 Å². The van der Waals surface area contributed by atoms with Crippen LogP contribution in [0.4, 0.5) is 0 Å². The zero-order valence-corrected chi connectivity index (χ0v) is 14.4. The smallest absolute Gasteiger partial charge is 0.338 e. The summed E-state index contributed by atoms with van der Waals surface area (Å²) in [5, 5.41) is 0. The largest absolute Gasteiger partial charge is 0.475 e. The van der Waals surface area contributed by atoms with E-state index in [-0.39, 0.29) is 18.8 Å². The van der Waals surface area contributed by atoms with E-state index in [0.29, 0.717) is 5.56 Å². The average Bonchev–Trinajstić information content (AvgIpc) is 2.68. The fourth-order valence-corrected chi connectivity index (χ4v) is 2.73. The maximum atomic E-state index is 12.0. The SMILES string of the molecule is CC(Oc1cccc(COC(=O)c2ccccc2)c1)N1CCOCC1. The minimum atomic E-state index is -0.325. The van der Waals surface area contributed by atoms with Crippen LogP contribution in [0, 0.1) is 0 Å². The summed E-state index contributed by atoms with van der Waals surface area (Å²) in [6.07, 6.45) is -0.0222. The highest BCUT2D eigenvalue weighted by Crippen LogP contribution is 2.18. The number of nitrogens with zero attached hydrogens (tertiary/aromatic N) is 1. The second kappa shape index (κ2) is 8.65. The van der Waals surface area contributed by atoms with Crippen molar-refractivity contribution in [3.05, 3.63) is 65.7 Å². The van der Waals surface area contributed by atoms with E-state index in [1.165, 1.54) is 0 Å². The zero-order chi connectivity index (χ0) is 17.5. The molecule has 1 aliphatic rings. The molecule has 5 nitrogen and oxygen atoms in total. The molecule has 0 radical (unpaired) electrons. The molecule has 1 heterocycles. The minimum absolute atomic E-state index is 0.0222. The van der Waals surface area contributed by atoms with Crippen molar-refractivity contribution in [2.45, 2.75) is 19.8 Å². The van der Waals surface area contributed by atoms with Crippen LogP contribution in [0.1, 0.15) is 22.8 Å². The molecule has 0 saturated carbocycles. The summed E-state index contributed by atoms with van der Waals surface area (Å²) in [5.41, 5.74) is 1.45. The van der Waals surface area contributed by atoms with Crippen LogP contribution < -0.4 is 4.74 Å². The number of esters is 1. The van der Waals surface area contributed by atoms with Gasteiger partial charge in [-0.25, -0.2) is 4.79 Å². The molecule has 132 valence electrons. The number of hydrogen-bond donors (Lipinski definition) is 0. The van der Waals surface area contributed by atoms with Gasteiger partial charge in [0.1, 0.15) is 18.6 Å². The van der Waals surface area contributed by atoms with Gasteiger partial charge in [-0.3, -0.25) is 4.90 Å². The molecule has 0 bridgehead atoms. The molecular weight excluding hydrogens is 318 g/mol. The Bertz CT molecular complexity index is 683. The Morgan fingerprint density at radius 1 is 1.12 bits per heavy atom. The van der Waals surface area contributed by atoms with Crippen molar-refractivity contribution in [1.82, 2.24) is 4.90 Å². The lowest BCUT2D eigenvalue weighted by Crippen LogP contribution is -2.44. The molecule has 3 rings (SSSR count). The third-order valence-electron chi connectivity index (χ3n) is 4.14. The van der Waals surface area contributed by atoms with Crippen molar-refractivity contribution in [2.24, 2.45) is 0 Å². The van der Waals surface area contributed by atoms with Crippen molar-refractivity contribution < 1.29 is 19.0 Å². The summed E-state index contributed by atoms with van der Waals surface area (Å²) >= 11 is 0. The summed E-state index contributed by atoms with van der Waals surface area (Å²) in [5.74, 6) is 0.445. The van der Waals surface area contributed by atoms with Crippen molar-refractivity contribution in [1.29, 1.82) is 0 Å². The Morgan fingerprint density at radius 2 is 1.88 bits per heavy atom. The van der Waals surface area contributed by atoms with E-state index in [0.717, 1.165) is 37.6 Å². The maximum Gasteiger partial charge on any atom is 0.338 e. The molecule has 0 aromatic heterocycles. The molecule has 2 aromatic carbocycles. The van der Waals surface area contributed by atoms with Gasteiger partial charge in [-0.05, 0) is 36.8 Å². The minimum Gasteiger partial charge on any atom is -0.475 e. The topological polar surface area (TPSA) is 48.0 Å². The van der Waals surface area contributed by atoms with Gasteiger partial charge in [0, 0.05) is 13.1 Å². The first-order chi connectivity index (χ1) is 12.2. The molecule has 5 heteroatoms. The second-order valence-electron chi connectivity index (χ2n) is 5.96. The van der Waals surface area contributed by atoms with E-state index >= 15 is 0 Å². The van der Waals surface area contributed by atoms with Gasteiger partial charge in [0.05, 0.1) is 18.8 Å². The number of rotatable bonds is 6. The lowest BCUT2D eigenvalue weighted by molar-refractivity contribution is -0.0373. The number of carbonyl (C=O) groups excluding carboxylic acids is 1. The molecule has 1 fully saturated rings. The third-order valence-corrected chi connectivity index (χ3v) is 4.14. The number of benzene rings is 2. The summed E-state index contributed by atoms with van der Waals surface area (Å²) in [7, 11) is 0. The van der Waals surface area contributed by atoms with Gasteiger partial charge in [-0.1, -0.05) is 30.3 Å². The van der Waals surface area contributed by atoms with Crippen LogP contribution in [0.3, 0.4) is 0 Å². The summed E-state index contributed by atoms with van der Waals surface area (Å²) < 4.78 is 16.7. The number of ether oxygens (including phenoxy) is 3. The quantitative estimate of drug-likeness (QED) is 0.756. The van der Waals surface area contributed by atoms with E-state index in [2.05, 4.69) is 4.90 Å². The Balaban J connectivity index is 1.55. The zero-order valence-electron chi connectivity index (χ0n) is 14.4. The first kappa shape index (κ1) is 17.5. The monoisotopic (exact) mass is 341 g/mol. The average molecular weight is 341 g/mol. The standard InChI is InChI=1S/C20H23NO4/c1-16(21-10-12-23-13-11-21)25-19-9-5-6-17(14-19)15-24-20(22)18-7-3-2-4-8-18/h2-9,14,16H,10-13,15H2,1H3. The molecule has 1 aliphatic heterocycles. The summed E-state index contributed by atoms with van der Waals surface area (Å²) in [6, 6.07) is 16.6. The molecule has 1 atom stereocenters. The van der Waals surface area contributed by atoms with Crippen molar-refractivity contribution >= 4 is 5.97 Å². The van der Waals surface area contributed by atoms with Crippen LogP contribution in [-0.4, -0.2) is 43.4 Å². The number of morpholine rings is 1. The predicted octanol–water partition coefficient (Wildman–Crippen LogP) is 3.10. The normalized spacial score (nSPS) is 16.2. The molecular formula is C20H23NO4. The van der Waals surface area contributed by atoms with Gasteiger partial charge in [0.25, 0.3) is 0 Å². The molecule has 0 amide bonds. The molecule has 0 aliphatic carbocycles. The van der Waals surface area contributed by atoms with Gasteiger partial charge in [-0.2, -0.15) is 0 Å². The van der Waals surface area contributed by atoms with Crippen LogP contribution in [0.5, 0.6) is 5.75 Å². The lowest BCUT2D eigenvalue weighted by atomic mass is 10.2. The molecule has 1 unspecified atom stereocenters. The first-order valence-corrected chi connectivity index (χ1v) is 8.52.